The van der Waals surface area contributed by atoms with Crippen molar-refractivity contribution >= 4 is 24.5 Å². The Balaban J connectivity index is 0.00000326. The molecule has 0 saturated heterocycles. The number of thiol groups is 1. The van der Waals surface area contributed by atoms with E-state index in [4.69, 9.17) is 16.0 Å². The fourth-order valence-corrected chi connectivity index (χ4v) is 2.91. The molecule has 152 valence electrons. The van der Waals surface area contributed by atoms with Gasteiger partial charge in [-0.2, -0.15) is 12.6 Å². The molecule has 7 nitrogen and oxygen atoms in total. The normalized spacial score (nSPS) is 23.9. The van der Waals surface area contributed by atoms with Crippen LogP contribution in [0.25, 0.3) is 0 Å². The van der Waals surface area contributed by atoms with E-state index in [1.807, 2.05) is 13.8 Å². The Morgan fingerprint density at radius 1 is 1.46 bits per heavy atom. The monoisotopic (exact) mass is 393 g/mol. The molecule has 0 spiro atoms. The van der Waals surface area contributed by atoms with Crippen molar-refractivity contribution < 1.29 is 30.6 Å². The highest BCUT2D eigenvalue weighted by Gasteiger charge is 2.38. The van der Waals surface area contributed by atoms with Crippen LogP contribution in [0.3, 0.4) is 0 Å². The molecule has 3 N–H and O–H groups in total. The zero-order valence-electron chi connectivity index (χ0n) is 17.0. The van der Waals surface area contributed by atoms with Crippen molar-refractivity contribution in [3.8, 4) is 0 Å². The van der Waals surface area contributed by atoms with E-state index in [0.717, 1.165) is 0 Å². The fourth-order valence-electron chi connectivity index (χ4n) is 2.91. The molecule has 1 amide bonds. The van der Waals surface area contributed by atoms with Crippen molar-refractivity contribution in [1.29, 1.82) is 0 Å². The van der Waals surface area contributed by atoms with Crippen molar-refractivity contribution in [2.45, 2.75) is 64.9 Å². The average molecular weight is 394 g/mol. The van der Waals surface area contributed by atoms with Crippen LogP contribution in [0.4, 0.5) is 0 Å². The molecule has 1 rings (SSSR count). The quantitative estimate of drug-likeness (QED) is 0.363. The van der Waals surface area contributed by atoms with Crippen molar-refractivity contribution in [1.82, 2.24) is 5.32 Å². The molecule has 4 atom stereocenters. The second-order valence-corrected chi connectivity index (χ2v) is 6.24. The Kier molecular flexibility index (Phi) is 11.6. The number of aliphatic hydroxyl groups is 2. The maximum absolute atomic E-state index is 12.2. The number of hydrogen-bond donors (Lipinski definition) is 4. The van der Waals surface area contributed by atoms with Crippen molar-refractivity contribution in [3.63, 3.8) is 0 Å². The minimum absolute atomic E-state index is 0.00489. The number of carbonyl (C=O) groups is 2. The van der Waals surface area contributed by atoms with Crippen LogP contribution < -0.4 is 5.32 Å². The van der Waals surface area contributed by atoms with E-state index < -0.39 is 30.8 Å². The third kappa shape index (κ3) is 8.53. The van der Waals surface area contributed by atoms with Crippen LogP contribution in [0.5, 0.6) is 0 Å². The van der Waals surface area contributed by atoms with Crippen molar-refractivity contribution in [2.75, 3.05) is 19.5 Å². The van der Waals surface area contributed by atoms with Crippen LogP contribution >= 0.6 is 12.6 Å². The summed E-state index contributed by atoms with van der Waals surface area (Å²) in [6, 6.07) is -0.422. The lowest BCUT2D eigenvalue weighted by molar-refractivity contribution is -0.139. The summed E-state index contributed by atoms with van der Waals surface area (Å²) in [6.45, 7) is 4.68. The van der Waals surface area contributed by atoms with Crippen molar-refractivity contribution in [2.24, 2.45) is 5.92 Å². The van der Waals surface area contributed by atoms with E-state index in [9.17, 15) is 14.7 Å². The highest BCUT2D eigenvalue weighted by atomic mass is 32.1. The molecule has 0 saturated carbocycles. The molecule has 26 heavy (non-hydrogen) atoms. The van der Waals surface area contributed by atoms with Crippen LogP contribution in [0.1, 0.15) is 41.9 Å². The Hall–Kier alpha value is -1.09. The number of carbonyl (C=O) groups excluding carboxylic acids is 2. The van der Waals surface area contributed by atoms with E-state index in [0.29, 0.717) is 5.57 Å². The predicted molar refractivity (Wildman–Crippen MR) is 103 cm³/mol. The Morgan fingerprint density at radius 3 is 2.62 bits per heavy atom. The zero-order valence-corrected chi connectivity index (χ0v) is 16.9. The van der Waals surface area contributed by atoms with Crippen molar-refractivity contribution in [3.05, 3.63) is 11.6 Å². The summed E-state index contributed by atoms with van der Waals surface area (Å²) in [4.78, 5) is 23.8. The fraction of sp³-hybridized carbons (Fsp3) is 0.778. The molecule has 0 heterocycles. The van der Waals surface area contributed by atoms with E-state index in [-0.39, 0.29) is 44.3 Å². The highest BCUT2D eigenvalue weighted by Crippen LogP contribution is 2.31. The largest absolute Gasteiger partial charge is 0.463 e. The summed E-state index contributed by atoms with van der Waals surface area (Å²) < 4.78 is 18.0. The van der Waals surface area contributed by atoms with Crippen LogP contribution in [0, 0.1) is 5.92 Å². The average Bonchev–Trinajstić information content (AvgIpc) is 2.62. The number of esters is 1. The summed E-state index contributed by atoms with van der Waals surface area (Å²) in [7, 11) is 0. The Morgan fingerprint density at radius 2 is 2.12 bits per heavy atom. The first kappa shape index (κ1) is 23.0. The van der Waals surface area contributed by atoms with E-state index >= 15 is 0 Å². The molecular weight excluding hydrogens is 358 g/mol. The predicted octanol–water partition coefficient (Wildman–Crippen LogP) is 1.08. The molecule has 1 unspecified atom stereocenters. The number of nitrogens with one attached hydrogen (secondary N) is 1. The first-order valence-corrected chi connectivity index (χ1v) is 9.51. The van der Waals surface area contributed by atoms with Gasteiger partial charge in [0.05, 0.1) is 37.6 Å². The van der Waals surface area contributed by atoms with Gasteiger partial charge >= 0.3 is 5.97 Å². The topological polar surface area (TPSA) is 105 Å². The summed E-state index contributed by atoms with van der Waals surface area (Å²) >= 11 is 3.53. The summed E-state index contributed by atoms with van der Waals surface area (Å²) in [5, 5.41) is 21.8. The van der Waals surface area contributed by atoms with Crippen LogP contribution in [-0.4, -0.2) is 65.9 Å². The maximum atomic E-state index is 12.2. The van der Waals surface area contributed by atoms with Gasteiger partial charge in [0.1, 0.15) is 0 Å². The van der Waals surface area contributed by atoms with Gasteiger partial charge in [-0.3, -0.25) is 4.79 Å². The molecule has 0 aliphatic heterocycles. The summed E-state index contributed by atoms with van der Waals surface area (Å²) in [5.74, 6) is -1.05. The lowest BCUT2D eigenvalue weighted by atomic mass is 9.79. The molecule has 1 aliphatic carbocycles. The first-order chi connectivity index (χ1) is 12.8. The molecule has 0 bridgehead atoms. The first-order valence-electron chi connectivity index (χ1n) is 9.32. The minimum atomic E-state index is -0.954. The van der Waals surface area contributed by atoms with Gasteiger partial charge in [-0.05, 0) is 51.8 Å². The van der Waals surface area contributed by atoms with Crippen LogP contribution in [0.15, 0.2) is 11.6 Å². The molecule has 0 fully saturated rings. The van der Waals surface area contributed by atoms with Crippen LogP contribution in [0.2, 0.25) is 0 Å². The molecular formula is C18H33NO6S. The molecule has 0 radical (unpaired) electrons. The smallest absolute Gasteiger partial charge is 0.333 e. The number of hydrogen-bond acceptors (Lipinski definition) is 7. The van der Waals surface area contributed by atoms with E-state index in [2.05, 4.69) is 17.9 Å². The minimum Gasteiger partial charge on any atom is -0.463 e. The second-order valence-electron chi connectivity index (χ2n) is 6.24. The van der Waals surface area contributed by atoms with Gasteiger partial charge in [0.25, 0.3) is 0 Å². The van der Waals surface area contributed by atoms with Crippen LogP contribution in [-0.2, 0) is 19.1 Å². The summed E-state index contributed by atoms with van der Waals surface area (Å²) in [6.07, 6.45) is 2.20. The van der Waals surface area contributed by atoms with E-state index in [1.165, 1.54) is 6.92 Å². The highest BCUT2D eigenvalue weighted by molar-refractivity contribution is 7.79. The lowest BCUT2D eigenvalue weighted by Gasteiger charge is -2.38. The maximum Gasteiger partial charge on any atom is 0.333 e. The second kappa shape index (κ2) is 13.1. The summed E-state index contributed by atoms with van der Waals surface area (Å²) in [5.41, 5.74) is 0.399. The van der Waals surface area contributed by atoms with Gasteiger partial charge in [-0.15, -0.1) is 0 Å². The number of aliphatic hydroxyl groups excluding tert-OH is 2. The SMILES string of the molecule is CS.[3H]CCOC(=O)C1=C[C@@H](OC(C)C)[C@H](NC(C)=O)[C@@H](CC(O)CO)C1. The molecule has 0 aromatic rings. The molecule has 8 heteroatoms. The van der Waals surface area contributed by atoms with Gasteiger partial charge in [0, 0.05) is 13.9 Å². The number of rotatable bonds is 8. The van der Waals surface area contributed by atoms with Gasteiger partial charge in [0.2, 0.25) is 5.91 Å². The molecule has 0 aromatic carbocycles. The zero-order chi connectivity index (χ0) is 21.0. The Labute approximate surface area is 163 Å². The van der Waals surface area contributed by atoms with Gasteiger partial charge in [-0.1, -0.05) is 0 Å². The van der Waals surface area contributed by atoms with Gasteiger partial charge in [-0.25, -0.2) is 4.79 Å². The lowest BCUT2D eigenvalue weighted by Crippen LogP contribution is -2.52. The Bertz CT molecular complexity index is 488. The third-order valence-corrected chi connectivity index (χ3v) is 3.79. The van der Waals surface area contributed by atoms with Gasteiger partial charge < -0.3 is 25.0 Å². The van der Waals surface area contributed by atoms with Gasteiger partial charge in [0.15, 0.2) is 0 Å². The number of amides is 1. The van der Waals surface area contributed by atoms with E-state index in [1.54, 1.807) is 12.3 Å². The third-order valence-electron chi connectivity index (χ3n) is 3.79. The molecule has 1 aliphatic rings. The standard InChI is InChI=1S/C17H29NO6.CH4S/c1-5-23-17(22)13-6-12(7-14(21)9-19)16(18-11(4)20)15(8-13)24-10(2)3;1-2/h8,10,12,14-16,19,21H,5-7,9H2,1-4H3,(H,18,20);2H,1H3/t12-,14?,15-,16-;/m1./s1/i1T;. The molecule has 0 aromatic heterocycles. The number of ether oxygens (including phenoxy) is 2.